The summed E-state index contributed by atoms with van der Waals surface area (Å²) in [7, 11) is 0. The molecule has 0 aliphatic rings. The molecule has 0 spiro atoms. The van der Waals surface area contributed by atoms with E-state index in [9.17, 15) is 8.78 Å². The van der Waals surface area contributed by atoms with E-state index in [1.54, 1.807) is 6.20 Å². The lowest BCUT2D eigenvalue weighted by molar-refractivity contribution is 0.511. The number of benzene rings is 1. The molecule has 0 atom stereocenters. The maximum absolute atomic E-state index is 13.4. The van der Waals surface area contributed by atoms with E-state index in [1.807, 2.05) is 10.9 Å². The van der Waals surface area contributed by atoms with E-state index < -0.39 is 11.6 Å². The van der Waals surface area contributed by atoms with Crippen molar-refractivity contribution in [3.8, 4) is 0 Å². The quantitative estimate of drug-likeness (QED) is 0.884. The fourth-order valence-electron chi connectivity index (χ4n) is 1.69. The van der Waals surface area contributed by atoms with Gasteiger partial charge in [-0.25, -0.2) is 8.78 Å². The molecule has 0 bridgehead atoms. The first kappa shape index (κ1) is 12.5. The Morgan fingerprint density at radius 2 is 2.17 bits per heavy atom. The number of hydrogen-bond donors (Lipinski definition) is 1. The lowest BCUT2D eigenvalue weighted by Crippen LogP contribution is -2.02. The summed E-state index contributed by atoms with van der Waals surface area (Å²) in [6.07, 6.45) is 4.63. The van der Waals surface area contributed by atoms with Gasteiger partial charge < -0.3 is 5.32 Å². The highest BCUT2D eigenvalue weighted by atomic mass is 19.2. The zero-order valence-corrected chi connectivity index (χ0v) is 10.2. The second-order valence-electron chi connectivity index (χ2n) is 4.07. The molecule has 3 nitrogen and oxygen atoms in total. The largest absolute Gasteiger partial charge is 0.378 e. The molecule has 0 saturated carbocycles. The normalized spacial score (nSPS) is 10.6. The molecule has 0 saturated heterocycles. The summed E-state index contributed by atoms with van der Waals surface area (Å²) < 4.78 is 28.2. The van der Waals surface area contributed by atoms with Gasteiger partial charge >= 0.3 is 0 Å². The molecule has 1 aromatic heterocycles. The van der Waals surface area contributed by atoms with Gasteiger partial charge in [-0.2, -0.15) is 5.10 Å². The summed E-state index contributed by atoms with van der Waals surface area (Å²) >= 11 is 0. The predicted molar refractivity (Wildman–Crippen MR) is 66.2 cm³/mol. The highest BCUT2D eigenvalue weighted by molar-refractivity contribution is 5.45. The molecule has 18 heavy (non-hydrogen) atoms. The minimum Gasteiger partial charge on any atom is -0.378 e. The molecule has 1 heterocycles. The van der Waals surface area contributed by atoms with Crippen molar-refractivity contribution in [2.45, 2.75) is 26.4 Å². The van der Waals surface area contributed by atoms with Gasteiger partial charge in [-0.3, -0.25) is 4.68 Å². The summed E-state index contributed by atoms with van der Waals surface area (Å²) in [6.45, 7) is 3.35. The molecule has 0 amide bonds. The van der Waals surface area contributed by atoms with Gasteiger partial charge in [-0.15, -0.1) is 0 Å². The average molecular weight is 251 g/mol. The SMILES string of the molecule is CCCn1cc(CNc2cccc(F)c2F)cn1. The van der Waals surface area contributed by atoms with Crippen LogP contribution in [0.25, 0.3) is 0 Å². The standard InChI is InChI=1S/C13H15F2N3/c1-2-6-18-9-10(8-17-18)7-16-12-5-3-4-11(14)13(12)15/h3-5,8-9,16H,2,6-7H2,1H3. The molecule has 0 radical (unpaired) electrons. The van der Waals surface area contributed by atoms with Crippen LogP contribution >= 0.6 is 0 Å². The molecule has 96 valence electrons. The predicted octanol–water partition coefficient (Wildman–Crippen LogP) is 3.18. The third-order valence-electron chi connectivity index (χ3n) is 2.57. The van der Waals surface area contributed by atoms with Crippen LogP contribution in [0.3, 0.4) is 0 Å². The van der Waals surface area contributed by atoms with Crippen LogP contribution in [-0.4, -0.2) is 9.78 Å². The average Bonchev–Trinajstić information content (AvgIpc) is 2.79. The number of halogens is 2. The van der Waals surface area contributed by atoms with Crippen LogP contribution < -0.4 is 5.32 Å². The van der Waals surface area contributed by atoms with Crippen LogP contribution in [0.4, 0.5) is 14.5 Å². The van der Waals surface area contributed by atoms with Crippen LogP contribution in [0.2, 0.25) is 0 Å². The first-order valence-corrected chi connectivity index (χ1v) is 5.90. The maximum atomic E-state index is 13.4. The third kappa shape index (κ3) is 2.85. The molecule has 5 heteroatoms. The van der Waals surface area contributed by atoms with Crippen LogP contribution in [-0.2, 0) is 13.1 Å². The van der Waals surface area contributed by atoms with Gasteiger partial charge in [-0.1, -0.05) is 13.0 Å². The number of aromatic nitrogens is 2. The summed E-state index contributed by atoms with van der Waals surface area (Å²) in [5, 5.41) is 7.02. The van der Waals surface area contributed by atoms with Gasteiger partial charge in [0, 0.05) is 24.8 Å². The highest BCUT2D eigenvalue weighted by Gasteiger charge is 2.07. The van der Waals surface area contributed by atoms with Crippen molar-refractivity contribution in [1.29, 1.82) is 0 Å². The van der Waals surface area contributed by atoms with Gasteiger partial charge in [0.25, 0.3) is 0 Å². The molecular weight excluding hydrogens is 236 g/mol. The van der Waals surface area contributed by atoms with Gasteiger partial charge in [-0.05, 0) is 18.6 Å². The van der Waals surface area contributed by atoms with Crippen LogP contribution in [0.1, 0.15) is 18.9 Å². The van der Waals surface area contributed by atoms with E-state index >= 15 is 0 Å². The second-order valence-corrected chi connectivity index (χ2v) is 4.07. The second kappa shape index (κ2) is 5.62. The molecule has 1 N–H and O–H groups in total. The number of rotatable bonds is 5. The van der Waals surface area contributed by atoms with E-state index in [2.05, 4.69) is 17.3 Å². The molecule has 0 unspecified atom stereocenters. The van der Waals surface area contributed by atoms with Crippen molar-refractivity contribution in [2.24, 2.45) is 0 Å². The lowest BCUT2D eigenvalue weighted by atomic mass is 10.2. The highest BCUT2D eigenvalue weighted by Crippen LogP contribution is 2.17. The molecule has 2 aromatic rings. The van der Waals surface area contributed by atoms with Crippen molar-refractivity contribution in [1.82, 2.24) is 9.78 Å². The summed E-state index contributed by atoms with van der Waals surface area (Å²) in [5.41, 5.74) is 1.10. The number of hydrogen-bond acceptors (Lipinski definition) is 2. The van der Waals surface area contributed by atoms with Crippen molar-refractivity contribution < 1.29 is 8.78 Å². The Hall–Kier alpha value is -1.91. The number of aryl methyl sites for hydroxylation is 1. The zero-order chi connectivity index (χ0) is 13.0. The van der Waals surface area contributed by atoms with Gasteiger partial charge in [0.05, 0.1) is 11.9 Å². The topological polar surface area (TPSA) is 29.9 Å². The Kier molecular flexibility index (Phi) is 3.92. The molecule has 1 aromatic carbocycles. The van der Waals surface area contributed by atoms with E-state index in [4.69, 9.17) is 0 Å². The Bertz CT molecular complexity index is 523. The Morgan fingerprint density at radius 1 is 1.33 bits per heavy atom. The van der Waals surface area contributed by atoms with Crippen molar-refractivity contribution in [2.75, 3.05) is 5.32 Å². The van der Waals surface area contributed by atoms with Crippen LogP contribution in [0.5, 0.6) is 0 Å². The third-order valence-corrected chi connectivity index (χ3v) is 2.57. The minimum absolute atomic E-state index is 0.165. The smallest absolute Gasteiger partial charge is 0.181 e. The Balaban J connectivity index is 2.00. The van der Waals surface area contributed by atoms with Crippen molar-refractivity contribution >= 4 is 5.69 Å². The van der Waals surface area contributed by atoms with Crippen molar-refractivity contribution in [3.63, 3.8) is 0 Å². The first-order valence-electron chi connectivity index (χ1n) is 5.90. The van der Waals surface area contributed by atoms with E-state index in [1.165, 1.54) is 12.1 Å². The van der Waals surface area contributed by atoms with Crippen LogP contribution in [0.15, 0.2) is 30.6 Å². The zero-order valence-electron chi connectivity index (χ0n) is 10.2. The van der Waals surface area contributed by atoms with Crippen LogP contribution in [0, 0.1) is 11.6 Å². The minimum atomic E-state index is -0.849. The van der Waals surface area contributed by atoms with Gasteiger partial charge in [0.1, 0.15) is 0 Å². The van der Waals surface area contributed by atoms with E-state index in [0.29, 0.717) is 6.54 Å². The van der Waals surface area contributed by atoms with E-state index in [-0.39, 0.29) is 5.69 Å². The first-order chi connectivity index (χ1) is 8.70. The monoisotopic (exact) mass is 251 g/mol. The molecule has 0 fully saturated rings. The number of anilines is 1. The molecule has 2 rings (SSSR count). The fraction of sp³-hybridized carbons (Fsp3) is 0.308. The molecular formula is C13H15F2N3. The maximum Gasteiger partial charge on any atom is 0.181 e. The lowest BCUT2D eigenvalue weighted by Gasteiger charge is -2.06. The summed E-state index contributed by atoms with van der Waals surface area (Å²) in [5.74, 6) is -1.69. The molecule has 0 aliphatic heterocycles. The Labute approximate surface area is 104 Å². The van der Waals surface area contributed by atoms with Gasteiger partial charge in [0.15, 0.2) is 11.6 Å². The summed E-state index contributed by atoms with van der Waals surface area (Å²) in [4.78, 5) is 0. The number of nitrogens with zero attached hydrogens (tertiary/aromatic N) is 2. The van der Waals surface area contributed by atoms with Gasteiger partial charge in [0.2, 0.25) is 0 Å². The van der Waals surface area contributed by atoms with E-state index in [0.717, 1.165) is 24.6 Å². The molecule has 0 aliphatic carbocycles. The summed E-state index contributed by atoms with van der Waals surface area (Å²) in [6, 6.07) is 4.08. The van der Waals surface area contributed by atoms with Crippen molar-refractivity contribution in [3.05, 3.63) is 47.8 Å². The number of nitrogens with one attached hydrogen (secondary N) is 1. The Morgan fingerprint density at radius 3 is 2.94 bits per heavy atom. The fourth-order valence-corrected chi connectivity index (χ4v) is 1.69.